The molecule has 2 N–H and O–H groups in total. The van der Waals surface area contributed by atoms with Crippen LogP contribution in [0, 0.1) is 5.92 Å². The molecule has 5 heteroatoms. The second-order valence-corrected chi connectivity index (χ2v) is 5.40. The van der Waals surface area contributed by atoms with Gasteiger partial charge in [-0.05, 0) is 31.7 Å². The minimum Gasteiger partial charge on any atom is -0.481 e. The van der Waals surface area contributed by atoms with Crippen LogP contribution in [0.2, 0.25) is 0 Å². The van der Waals surface area contributed by atoms with Gasteiger partial charge in [-0.15, -0.1) is 0 Å². The first-order valence-corrected chi connectivity index (χ1v) is 7.29. The Balaban J connectivity index is 2.60. The summed E-state index contributed by atoms with van der Waals surface area (Å²) in [4.78, 5) is 24.7. The molecular weight excluding hydrogens is 244 g/mol. The molecule has 110 valence electrons. The summed E-state index contributed by atoms with van der Waals surface area (Å²) in [6.45, 7) is 6.32. The number of hydrogen-bond acceptors (Lipinski definition) is 3. The average molecular weight is 270 g/mol. The normalized spacial score (nSPS) is 23.4. The van der Waals surface area contributed by atoms with Crippen LogP contribution in [0.5, 0.6) is 0 Å². The average Bonchev–Trinajstić information content (AvgIpc) is 2.35. The summed E-state index contributed by atoms with van der Waals surface area (Å²) in [6, 6.07) is 0.235. The van der Waals surface area contributed by atoms with E-state index in [0.29, 0.717) is 13.0 Å². The fraction of sp³-hybridized carbons (Fsp3) is 0.857. The van der Waals surface area contributed by atoms with Crippen molar-refractivity contribution < 1.29 is 14.7 Å². The van der Waals surface area contributed by atoms with E-state index in [4.69, 9.17) is 5.11 Å². The summed E-state index contributed by atoms with van der Waals surface area (Å²) < 4.78 is 0. The monoisotopic (exact) mass is 270 g/mol. The molecule has 0 bridgehead atoms. The van der Waals surface area contributed by atoms with Crippen LogP contribution < -0.4 is 5.32 Å². The van der Waals surface area contributed by atoms with Gasteiger partial charge in [0.05, 0.1) is 0 Å². The lowest BCUT2D eigenvalue weighted by Crippen LogP contribution is -2.51. The molecule has 2 atom stereocenters. The number of nitrogens with zero attached hydrogens (tertiary/aromatic N) is 1. The van der Waals surface area contributed by atoms with E-state index in [2.05, 4.69) is 12.2 Å². The molecule has 1 amide bonds. The van der Waals surface area contributed by atoms with Gasteiger partial charge in [-0.3, -0.25) is 9.59 Å². The molecule has 1 aliphatic rings. The second-order valence-electron chi connectivity index (χ2n) is 5.40. The Kier molecular flexibility index (Phi) is 6.84. The van der Waals surface area contributed by atoms with Crippen LogP contribution in [-0.2, 0) is 9.59 Å². The summed E-state index contributed by atoms with van der Waals surface area (Å²) in [6.07, 6.45) is 3.44. The Morgan fingerprint density at radius 2 is 2.00 bits per heavy atom. The number of amides is 1. The number of nitrogens with one attached hydrogen (secondary N) is 1. The molecule has 0 aliphatic carbocycles. The third-order valence-corrected chi connectivity index (χ3v) is 3.50. The second kappa shape index (κ2) is 8.15. The smallest absolute Gasteiger partial charge is 0.303 e. The first-order chi connectivity index (χ1) is 9.06. The number of likely N-dealkylation sites (tertiary alicyclic amines) is 1. The van der Waals surface area contributed by atoms with E-state index < -0.39 is 5.97 Å². The largest absolute Gasteiger partial charge is 0.481 e. The fourth-order valence-corrected chi connectivity index (χ4v) is 2.67. The number of carbonyl (C=O) groups excluding carboxylic acids is 1. The molecule has 0 spiro atoms. The molecule has 1 rings (SSSR count). The molecule has 1 aliphatic heterocycles. The first kappa shape index (κ1) is 16.0. The van der Waals surface area contributed by atoms with Crippen molar-refractivity contribution in [3.05, 3.63) is 0 Å². The topological polar surface area (TPSA) is 69.6 Å². The summed E-state index contributed by atoms with van der Waals surface area (Å²) in [5.41, 5.74) is 0. The molecule has 1 saturated heterocycles. The molecule has 5 nitrogen and oxygen atoms in total. The Bertz CT molecular complexity index is 307. The number of hydrogen-bond donors (Lipinski definition) is 2. The van der Waals surface area contributed by atoms with Crippen LogP contribution in [0.4, 0.5) is 0 Å². The molecule has 0 aromatic rings. The Morgan fingerprint density at radius 3 is 2.58 bits per heavy atom. The molecule has 0 radical (unpaired) electrons. The highest BCUT2D eigenvalue weighted by molar-refractivity contribution is 5.76. The highest BCUT2D eigenvalue weighted by Gasteiger charge is 2.30. The van der Waals surface area contributed by atoms with Crippen molar-refractivity contribution in [3.63, 3.8) is 0 Å². The highest BCUT2D eigenvalue weighted by Crippen LogP contribution is 2.21. The number of carbonyl (C=O) groups is 2. The van der Waals surface area contributed by atoms with Gasteiger partial charge in [-0.2, -0.15) is 0 Å². The van der Waals surface area contributed by atoms with Crippen LogP contribution >= 0.6 is 0 Å². The third kappa shape index (κ3) is 5.59. The molecule has 19 heavy (non-hydrogen) atoms. The van der Waals surface area contributed by atoms with Crippen LogP contribution in [0.15, 0.2) is 0 Å². The van der Waals surface area contributed by atoms with Crippen LogP contribution in [-0.4, -0.2) is 47.6 Å². The van der Waals surface area contributed by atoms with Crippen molar-refractivity contribution in [1.82, 2.24) is 10.2 Å². The lowest BCUT2D eigenvalue weighted by molar-refractivity contribution is -0.141. The van der Waals surface area contributed by atoms with Gasteiger partial charge in [0.25, 0.3) is 0 Å². The van der Waals surface area contributed by atoms with E-state index in [-0.39, 0.29) is 24.3 Å². The van der Waals surface area contributed by atoms with Gasteiger partial charge in [-0.1, -0.05) is 13.8 Å². The molecule has 0 aromatic carbocycles. The predicted molar refractivity (Wildman–Crippen MR) is 73.9 cm³/mol. The van der Waals surface area contributed by atoms with Gasteiger partial charge in [0, 0.05) is 32.0 Å². The first-order valence-electron chi connectivity index (χ1n) is 7.29. The van der Waals surface area contributed by atoms with Crippen molar-refractivity contribution in [3.8, 4) is 0 Å². The Morgan fingerprint density at radius 1 is 1.26 bits per heavy atom. The van der Waals surface area contributed by atoms with E-state index in [1.807, 2.05) is 11.8 Å². The number of piperidine rings is 1. The summed E-state index contributed by atoms with van der Waals surface area (Å²) in [5.74, 6) is -0.550. The maximum absolute atomic E-state index is 12.0. The van der Waals surface area contributed by atoms with Gasteiger partial charge >= 0.3 is 5.97 Å². The lowest BCUT2D eigenvalue weighted by atomic mass is 9.91. The molecule has 0 aromatic heterocycles. The van der Waals surface area contributed by atoms with E-state index in [0.717, 1.165) is 32.4 Å². The van der Waals surface area contributed by atoms with E-state index in [1.165, 1.54) is 0 Å². The minimum atomic E-state index is -0.774. The number of rotatable bonds is 7. The quantitative estimate of drug-likeness (QED) is 0.735. The van der Waals surface area contributed by atoms with E-state index in [1.54, 1.807) is 0 Å². The zero-order chi connectivity index (χ0) is 14.3. The molecule has 1 heterocycles. The van der Waals surface area contributed by atoms with E-state index >= 15 is 0 Å². The SMILES string of the molecule is CCCNC1CC(CC(=O)O)CN(C(=O)CCC)C1. The van der Waals surface area contributed by atoms with Crippen molar-refractivity contribution in [1.29, 1.82) is 0 Å². The van der Waals surface area contributed by atoms with Crippen molar-refractivity contribution in [2.45, 2.75) is 52.0 Å². The number of carboxylic acids is 1. The lowest BCUT2D eigenvalue weighted by Gasteiger charge is -2.38. The van der Waals surface area contributed by atoms with Crippen LogP contribution in [0.25, 0.3) is 0 Å². The van der Waals surface area contributed by atoms with E-state index in [9.17, 15) is 9.59 Å². The third-order valence-electron chi connectivity index (χ3n) is 3.50. The Labute approximate surface area is 115 Å². The van der Waals surface area contributed by atoms with Crippen molar-refractivity contribution in [2.24, 2.45) is 5.92 Å². The van der Waals surface area contributed by atoms with Gasteiger partial charge < -0.3 is 15.3 Å². The molecular formula is C14H26N2O3. The number of aliphatic carboxylic acids is 1. The minimum absolute atomic E-state index is 0.0708. The summed E-state index contributed by atoms with van der Waals surface area (Å²) in [5, 5.41) is 12.3. The van der Waals surface area contributed by atoms with Crippen LogP contribution in [0.3, 0.4) is 0 Å². The van der Waals surface area contributed by atoms with Gasteiger partial charge in [0.1, 0.15) is 0 Å². The van der Waals surface area contributed by atoms with Crippen LogP contribution in [0.1, 0.15) is 46.0 Å². The van der Waals surface area contributed by atoms with Gasteiger partial charge in [0.15, 0.2) is 0 Å². The molecule has 2 unspecified atom stereocenters. The van der Waals surface area contributed by atoms with Gasteiger partial charge in [-0.25, -0.2) is 0 Å². The Hall–Kier alpha value is -1.10. The molecule has 1 fully saturated rings. The maximum Gasteiger partial charge on any atom is 0.303 e. The summed E-state index contributed by atoms with van der Waals surface area (Å²) >= 11 is 0. The zero-order valence-corrected chi connectivity index (χ0v) is 12.0. The van der Waals surface area contributed by atoms with Gasteiger partial charge in [0.2, 0.25) is 5.91 Å². The highest BCUT2D eigenvalue weighted by atomic mass is 16.4. The van der Waals surface area contributed by atoms with Crippen molar-refractivity contribution in [2.75, 3.05) is 19.6 Å². The zero-order valence-electron chi connectivity index (χ0n) is 12.0. The summed E-state index contributed by atoms with van der Waals surface area (Å²) in [7, 11) is 0. The maximum atomic E-state index is 12.0. The standard InChI is InChI=1S/C14H26N2O3/c1-3-5-13(17)16-9-11(8-14(18)19)7-12(10-16)15-6-4-2/h11-12,15H,3-10H2,1-2H3,(H,18,19). The molecule has 0 saturated carbocycles. The fourth-order valence-electron chi connectivity index (χ4n) is 2.67. The number of carboxylic acid groups (broad SMARTS) is 1. The predicted octanol–water partition coefficient (Wildman–Crippen LogP) is 1.48. The van der Waals surface area contributed by atoms with Crippen molar-refractivity contribution >= 4 is 11.9 Å².